The van der Waals surface area contributed by atoms with Crippen LogP contribution in [0.15, 0.2) is 18.2 Å². The van der Waals surface area contributed by atoms with Gasteiger partial charge in [0.05, 0.1) is 18.5 Å². The fourth-order valence-electron chi connectivity index (χ4n) is 2.50. The lowest BCUT2D eigenvalue weighted by Crippen LogP contribution is -2.11. The monoisotopic (exact) mass is 234 g/mol. The van der Waals surface area contributed by atoms with Gasteiger partial charge in [-0.3, -0.25) is 0 Å². The minimum absolute atomic E-state index is 0.294. The Hall–Kier alpha value is -1.38. The first-order valence-electron chi connectivity index (χ1n) is 6.01. The molecule has 1 aromatic rings. The van der Waals surface area contributed by atoms with Crippen LogP contribution in [0.25, 0.3) is 0 Å². The van der Waals surface area contributed by atoms with Crippen LogP contribution in [-0.4, -0.2) is 13.2 Å². The van der Waals surface area contributed by atoms with Gasteiger partial charge < -0.3 is 15.8 Å². The number of nitrogen functional groups attached to an aromatic ring is 1. The Morgan fingerprint density at radius 2 is 1.76 bits per heavy atom. The Balaban J connectivity index is 2.21. The lowest BCUT2D eigenvalue weighted by atomic mass is 10.0. The topological polar surface area (TPSA) is 47.3 Å². The quantitative estimate of drug-likeness (QED) is 0.790. The highest BCUT2D eigenvalue weighted by atomic mass is 16.5. The Morgan fingerprint density at radius 3 is 2.24 bits per heavy atom. The fraction of sp³-hybridized carbons (Fsp3) is 0.571. The Bertz CT molecular complexity index is 424. The van der Waals surface area contributed by atoms with Gasteiger partial charge in [0, 0.05) is 12.1 Å². The zero-order chi connectivity index (χ0) is 12.8. The molecule has 0 saturated heterocycles. The Morgan fingerprint density at radius 1 is 1.18 bits per heavy atom. The molecule has 1 aromatic carbocycles. The van der Waals surface area contributed by atoms with Crippen molar-refractivity contribution in [3.8, 4) is 5.75 Å². The largest absolute Gasteiger partial charge is 0.497 e. The predicted octanol–water partition coefficient (Wildman–Crippen LogP) is 3.12. The Kier molecular flexibility index (Phi) is 2.53. The van der Waals surface area contributed by atoms with Crippen molar-refractivity contribution in [1.29, 1.82) is 0 Å². The summed E-state index contributed by atoms with van der Waals surface area (Å²) in [5.74, 6) is 0.831. The third-order valence-corrected chi connectivity index (χ3v) is 4.58. The van der Waals surface area contributed by atoms with Crippen LogP contribution in [0.5, 0.6) is 5.75 Å². The molecule has 0 amide bonds. The lowest BCUT2D eigenvalue weighted by Gasteiger charge is -2.12. The summed E-state index contributed by atoms with van der Waals surface area (Å²) in [5, 5.41) is 3.53. The van der Waals surface area contributed by atoms with E-state index in [9.17, 15) is 0 Å². The number of benzene rings is 1. The van der Waals surface area contributed by atoms with Gasteiger partial charge in [-0.05, 0) is 23.0 Å². The van der Waals surface area contributed by atoms with E-state index in [0.717, 1.165) is 17.1 Å². The molecule has 2 rings (SSSR count). The van der Waals surface area contributed by atoms with E-state index in [-0.39, 0.29) is 0 Å². The van der Waals surface area contributed by atoms with Crippen LogP contribution in [0.4, 0.5) is 11.4 Å². The molecule has 3 heteroatoms. The number of hydrogen-bond donors (Lipinski definition) is 2. The molecule has 0 aliphatic heterocycles. The second kappa shape index (κ2) is 3.56. The molecule has 0 unspecified atom stereocenters. The summed E-state index contributed by atoms with van der Waals surface area (Å²) in [5.41, 5.74) is 8.30. The normalized spacial score (nSPS) is 21.0. The smallest absolute Gasteiger partial charge is 0.121 e. The van der Waals surface area contributed by atoms with Crippen molar-refractivity contribution >= 4 is 11.4 Å². The van der Waals surface area contributed by atoms with Crippen molar-refractivity contribution < 1.29 is 4.74 Å². The summed E-state index contributed by atoms with van der Waals surface area (Å²) < 4.78 is 5.22. The van der Waals surface area contributed by atoms with Gasteiger partial charge in [-0.15, -0.1) is 0 Å². The zero-order valence-electron chi connectivity index (χ0n) is 11.3. The number of rotatable bonds is 3. The molecule has 3 N–H and O–H groups in total. The van der Waals surface area contributed by atoms with Gasteiger partial charge in [-0.25, -0.2) is 0 Å². The second-order valence-electron chi connectivity index (χ2n) is 5.97. The van der Waals surface area contributed by atoms with Crippen LogP contribution in [0.3, 0.4) is 0 Å². The zero-order valence-corrected chi connectivity index (χ0v) is 11.3. The number of hydrogen-bond acceptors (Lipinski definition) is 3. The van der Waals surface area contributed by atoms with Crippen LogP contribution < -0.4 is 15.8 Å². The number of nitrogens with two attached hydrogens (primary N) is 1. The molecule has 1 saturated carbocycles. The molecular formula is C14H22N2O. The van der Waals surface area contributed by atoms with E-state index in [1.165, 1.54) is 0 Å². The maximum atomic E-state index is 5.98. The van der Waals surface area contributed by atoms with E-state index in [2.05, 4.69) is 33.0 Å². The third-order valence-electron chi connectivity index (χ3n) is 4.58. The minimum Gasteiger partial charge on any atom is -0.497 e. The highest BCUT2D eigenvalue weighted by Crippen LogP contribution is 2.63. The van der Waals surface area contributed by atoms with Gasteiger partial charge in [-0.1, -0.05) is 27.7 Å². The van der Waals surface area contributed by atoms with Crippen molar-refractivity contribution in [1.82, 2.24) is 0 Å². The van der Waals surface area contributed by atoms with Crippen molar-refractivity contribution in [2.24, 2.45) is 10.8 Å². The summed E-state index contributed by atoms with van der Waals surface area (Å²) in [6.45, 7) is 9.12. The molecule has 0 radical (unpaired) electrons. The first-order chi connectivity index (χ1) is 7.80. The van der Waals surface area contributed by atoms with Crippen molar-refractivity contribution in [3.05, 3.63) is 18.2 Å². The molecule has 94 valence electrons. The summed E-state index contributed by atoms with van der Waals surface area (Å²) >= 11 is 0. The van der Waals surface area contributed by atoms with E-state index < -0.39 is 0 Å². The summed E-state index contributed by atoms with van der Waals surface area (Å²) in [4.78, 5) is 0. The maximum Gasteiger partial charge on any atom is 0.121 e. The van der Waals surface area contributed by atoms with Crippen LogP contribution in [0.2, 0.25) is 0 Å². The molecule has 1 aliphatic rings. The highest BCUT2D eigenvalue weighted by Gasteiger charge is 2.65. The van der Waals surface area contributed by atoms with E-state index in [4.69, 9.17) is 10.5 Å². The number of ether oxygens (including phenoxy) is 1. The van der Waals surface area contributed by atoms with E-state index in [1.54, 1.807) is 7.11 Å². The number of nitrogens with one attached hydrogen (secondary N) is 1. The van der Waals surface area contributed by atoms with Crippen LogP contribution in [-0.2, 0) is 0 Å². The number of anilines is 2. The highest BCUT2D eigenvalue weighted by molar-refractivity contribution is 5.69. The Labute approximate surface area is 103 Å². The molecule has 0 bridgehead atoms. The van der Waals surface area contributed by atoms with Crippen molar-refractivity contribution in [2.75, 3.05) is 18.2 Å². The average Bonchev–Trinajstić information content (AvgIpc) is 2.64. The van der Waals surface area contributed by atoms with Gasteiger partial charge in [0.1, 0.15) is 5.75 Å². The number of methoxy groups -OCH3 is 1. The minimum atomic E-state index is 0.294. The maximum absolute atomic E-state index is 5.98. The summed E-state index contributed by atoms with van der Waals surface area (Å²) in [7, 11) is 1.67. The van der Waals surface area contributed by atoms with E-state index in [0.29, 0.717) is 16.9 Å². The van der Waals surface area contributed by atoms with Gasteiger partial charge in [0.15, 0.2) is 0 Å². The predicted molar refractivity (Wildman–Crippen MR) is 72.4 cm³/mol. The van der Waals surface area contributed by atoms with Gasteiger partial charge >= 0.3 is 0 Å². The van der Waals surface area contributed by atoms with Crippen LogP contribution in [0.1, 0.15) is 27.7 Å². The average molecular weight is 234 g/mol. The van der Waals surface area contributed by atoms with Crippen LogP contribution >= 0.6 is 0 Å². The van der Waals surface area contributed by atoms with Crippen molar-refractivity contribution in [3.63, 3.8) is 0 Å². The molecule has 3 nitrogen and oxygen atoms in total. The SMILES string of the molecule is COc1ccc(N)c(NC2C(C)(C)C2(C)C)c1. The molecule has 0 aromatic heterocycles. The van der Waals surface area contributed by atoms with Gasteiger partial charge in [0.25, 0.3) is 0 Å². The third kappa shape index (κ3) is 1.74. The van der Waals surface area contributed by atoms with E-state index >= 15 is 0 Å². The molecular weight excluding hydrogens is 212 g/mol. The second-order valence-corrected chi connectivity index (χ2v) is 5.97. The molecule has 0 atom stereocenters. The van der Waals surface area contributed by atoms with Crippen LogP contribution in [0, 0.1) is 10.8 Å². The summed E-state index contributed by atoms with van der Waals surface area (Å²) in [6, 6.07) is 6.16. The fourth-order valence-corrected chi connectivity index (χ4v) is 2.50. The standard InChI is InChI=1S/C14H22N2O/c1-13(2)12(14(13,3)4)16-11-8-9(17-5)6-7-10(11)15/h6-8,12,16H,15H2,1-5H3. The molecule has 1 fully saturated rings. The van der Waals surface area contributed by atoms with Gasteiger partial charge in [0.2, 0.25) is 0 Å². The molecule has 17 heavy (non-hydrogen) atoms. The molecule has 0 spiro atoms. The lowest BCUT2D eigenvalue weighted by molar-refractivity contribution is 0.415. The van der Waals surface area contributed by atoms with E-state index in [1.807, 2.05) is 18.2 Å². The summed E-state index contributed by atoms with van der Waals surface area (Å²) in [6.07, 6.45) is 0. The first-order valence-corrected chi connectivity index (χ1v) is 6.01. The van der Waals surface area contributed by atoms with Gasteiger partial charge in [-0.2, -0.15) is 0 Å². The molecule has 1 aliphatic carbocycles. The molecule has 0 heterocycles. The van der Waals surface area contributed by atoms with Crippen molar-refractivity contribution in [2.45, 2.75) is 33.7 Å². The first kappa shape index (κ1) is 12.1.